The Morgan fingerprint density at radius 2 is 2.07 bits per heavy atom. The van der Waals surface area contributed by atoms with Crippen LogP contribution in [-0.4, -0.2) is 21.7 Å². The summed E-state index contributed by atoms with van der Waals surface area (Å²) < 4.78 is 1.62. The van der Waals surface area contributed by atoms with Crippen LogP contribution in [0.15, 0.2) is 53.7 Å². The van der Waals surface area contributed by atoms with Gasteiger partial charge in [-0.05, 0) is 30.7 Å². The molecule has 2 aromatic carbocycles. The highest BCUT2D eigenvalue weighted by molar-refractivity contribution is 7.99. The third-order valence-electron chi connectivity index (χ3n) is 4.93. The minimum atomic E-state index is -0.632. The van der Waals surface area contributed by atoms with Gasteiger partial charge in [0, 0.05) is 28.4 Å². The Labute approximate surface area is 184 Å². The molecule has 0 saturated heterocycles. The highest BCUT2D eigenvalue weighted by Crippen LogP contribution is 2.41. The van der Waals surface area contributed by atoms with Crippen LogP contribution in [0.2, 0.25) is 5.02 Å². The molecule has 1 aliphatic heterocycles. The lowest BCUT2D eigenvalue weighted by Crippen LogP contribution is -2.58. The Balaban J connectivity index is 1.96. The fourth-order valence-corrected chi connectivity index (χ4v) is 4.72. The van der Waals surface area contributed by atoms with Gasteiger partial charge in [0.25, 0.3) is 17.0 Å². The second kappa shape index (κ2) is 8.62. The van der Waals surface area contributed by atoms with Gasteiger partial charge >= 0.3 is 0 Å². The van der Waals surface area contributed by atoms with Gasteiger partial charge in [-0.2, -0.15) is 0 Å². The maximum Gasteiger partial charge on any atom is 0.293 e. The molecule has 0 bridgehead atoms. The largest absolute Gasteiger partial charge is 0.854 e. The Bertz CT molecular complexity index is 1110. The van der Waals surface area contributed by atoms with Crippen molar-refractivity contribution in [3.63, 3.8) is 0 Å². The number of halogens is 1. The first kappa shape index (κ1) is 20.6. The molecular formula is C22H21ClN4O2S. The molecule has 0 aliphatic carbocycles. The van der Waals surface area contributed by atoms with Crippen molar-refractivity contribution >= 4 is 35.0 Å². The first-order valence-electron chi connectivity index (χ1n) is 9.79. The van der Waals surface area contributed by atoms with E-state index in [1.165, 1.54) is 18.7 Å². The third kappa shape index (κ3) is 3.75. The lowest BCUT2D eigenvalue weighted by molar-refractivity contribution is -0.764. The summed E-state index contributed by atoms with van der Waals surface area (Å²) >= 11 is 7.71. The van der Waals surface area contributed by atoms with Gasteiger partial charge in [-0.25, -0.2) is 9.88 Å². The smallest absolute Gasteiger partial charge is 0.293 e. The second-order valence-corrected chi connectivity index (χ2v) is 8.53. The van der Waals surface area contributed by atoms with E-state index in [2.05, 4.69) is 11.9 Å². The van der Waals surface area contributed by atoms with E-state index in [9.17, 15) is 9.90 Å². The molecule has 3 aromatic rings. The van der Waals surface area contributed by atoms with Crippen molar-refractivity contribution in [3.05, 3.63) is 59.1 Å². The van der Waals surface area contributed by atoms with Crippen molar-refractivity contribution < 1.29 is 14.6 Å². The fraction of sp³-hybridized carbons (Fsp3) is 0.273. The summed E-state index contributed by atoms with van der Waals surface area (Å²) in [5.74, 6) is 0.313. The summed E-state index contributed by atoms with van der Waals surface area (Å²) in [7, 11) is 0. The van der Waals surface area contributed by atoms with E-state index in [0.717, 1.165) is 24.2 Å². The van der Waals surface area contributed by atoms with Crippen LogP contribution in [0.3, 0.4) is 0 Å². The number of aromatic nitrogens is 3. The Morgan fingerprint density at radius 1 is 1.27 bits per heavy atom. The van der Waals surface area contributed by atoms with Crippen LogP contribution in [-0.2, 0) is 4.79 Å². The van der Waals surface area contributed by atoms with Gasteiger partial charge in [0.1, 0.15) is 0 Å². The number of anilines is 1. The SMILES string of the molecule is CCCCSc1nc([O-])c2[n+](n1)C(c1cccc(Cl)c1)N(C(C)=O)c1ccccc1-2. The number of fused-ring (bicyclic) bond motifs is 3. The number of carbonyl (C=O) groups is 1. The summed E-state index contributed by atoms with van der Waals surface area (Å²) in [5.41, 5.74) is 2.43. The van der Waals surface area contributed by atoms with Crippen LogP contribution in [0, 0.1) is 0 Å². The van der Waals surface area contributed by atoms with Gasteiger partial charge in [-0.1, -0.05) is 65.7 Å². The maximum atomic E-state index is 13.1. The molecule has 4 rings (SSSR count). The number of hydrogen-bond acceptors (Lipinski definition) is 5. The zero-order valence-corrected chi connectivity index (χ0v) is 18.3. The third-order valence-corrected chi connectivity index (χ3v) is 6.09. The number of amides is 1. The van der Waals surface area contributed by atoms with Crippen molar-refractivity contribution in [2.75, 3.05) is 10.7 Å². The van der Waals surface area contributed by atoms with E-state index in [4.69, 9.17) is 16.7 Å². The van der Waals surface area contributed by atoms with Crippen LogP contribution in [0.1, 0.15) is 38.4 Å². The summed E-state index contributed by atoms with van der Waals surface area (Å²) in [6, 6.07) is 14.6. The maximum absolute atomic E-state index is 13.1. The molecule has 154 valence electrons. The lowest BCUT2D eigenvalue weighted by Gasteiger charge is -2.32. The predicted molar refractivity (Wildman–Crippen MR) is 115 cm³/mol. The number of nitrogens with zero attached hydrogens (tertiary/aromatic N) is 4. The van der Waals surface area contributed by atoms with Gasteiger partial charge in [-0.3, -0.25) is 4.79 Å². The van der Waals surface area contributed by atoms with Gasteiger partial charge in [0.2, 0.25) is 5.91 Å². The average Bonchev–Trinajstić information content (AvgIpc) is 2.72. The normalized spacial score (nSPS) is 14.9. The molecule has 30 heavy (non-hydrogen) atoms. The van der Waals surface area contributed by atoms with E-state index in [0.29, 0.717) is 27.1 Å². The van der Waals surface area contributed by atoms with E-state index < -0.39 is 6.17 Å². The predicted octanol–water partition coefficient (Wildman–Crippen LogP) is 3.96. The standard InChI is InChI=1S/C22H21ClN4O2S/c1-3-4-12-30-22-24-20(29)19-17-10-5-6-11-18(17)26(14(2)28)21(27(19)25-22)15-8-7-9-16(23)13-15/h5-11,13,21H,3-4,12H2,1-2H3. The zero-order chi connectivity index (χ0) is 21.3. The number of rotatable bonds is 5. The number of thioether (sulfide) groups is 1. The molecule has 8 heteroatoms. The van der Waals surface area contributed by atoms with Gasteiger partial charge in [-0.15, -0.1) is 0 Å². The molecule has 6 nitrogen and oxygen atoms in total. The molecule has 0 fully saturated rings. The molecule has 1 amide bonds. The van der Waals surface area contributed by atoms with Gasteiger partial charge in [0.15, 0.2) is 0 Å². The summed E-state index contributed by atoms with van der Waals surface area (Å²) in [5, 5.41) is 18.7. The Kier molecular flexibility index (Phi) is 5.92. The molecule has 0 spiro atoms. The minimum Gasteiger partial charge on any atom is -0.854 e. The van der Waals surface area contributed by atoms with Crippen LogP contribution >= 0.6 is 23.4 Å². The van der Waals surface area contributed by atoms with Crippen molar-refractivity contribution in [3.8, 4) is 17.1 Å². The van der Waals surface area contributed by atoms with Crippen LogP contribution in [0.4, 0.5) is 5.69 Å². The Morgan fingerprint density at radius 3 is 2.80 bits per heavy atom. The summed E-state index contributed by atoms with van der Waals surface area (Å²) in [6.45, 7) is 3.62. The number of hydrogen-bond donors (Lipinski definition) is 0. The topological polar surface area (TPSA) is 73.0 Å². The van der Waals surface area contributed by atoms with Crippen molar-refractivity contribution in [2.45, 2.75) is 38.0 Å². The monoisotopic (exact) mass is 440 g/mol. The molecule has 0 saturated carbocycles. The number of benzene rings is 2. The van der Waals surface area contributed by atoms with E-state index in [1.807, 2.05) is 36.4 Å². The number of carbonyl (C=O) groups excluding carboxylic acids is 1. The summed E-state index contributed by atoms with van der Waals surface area (Å²) in [4.78, 5) is 18.6. The van der Waals surface area contributed by atoms with Gasteiger partial charge < -0.3 is 5.11 Å². The highest BCUT2D eigenvalue weighted by Gasteiger charge is 2.43. The van der Waals surface area contributed by atoms with Crippen LogP contribution in [0.25, 0.3) is 11.3 Å². The van der Waals surface area contributed by atoms with Gasteiger partial charge in [0.05, 0.1) is 17.1 Å². The van der Waals surface area contributed by atoms with Crippen molar-refractivity contribution in [2.24, 2.45) is 0 Å². The molecule has 1 aliphatic rings. The number of unbranched alkanes of at least 4 members (excludes halogenated alkanes) is 1. The first-order valence-corrected chi connectivity index (χ1v) is 11.2. The van der Waals surface area contributed by atoms with Crippen LogP contribution < -0.4 is 14.7 Å². The molecule has 1 unspecified atom stereocenters. The number of para-hydroxylation sites is 1. The average molecular weight is 441 g/mol. The molecule has 0 radical (unpaired) electrons. The second-order valence-electron chi connectivity index (χ2n) is 7.03. The first-order chi connectivity index (χ1) is 14.5. The molecule has 0 N–H and O–H groups in total. The van der Waals surface area contributed by atoms with Crippen molar-refractivity contribution in [1.82, 2.24) is 10.1 Å². The van der Waals surface area contributed by atoms with Crippen LogP contribution in [0.5, 0.6) is 5.88 Å². The molecule has 2 heterocycles. The molecule has 1 aromatic heterocycles. The summed E-state index contributed by atoms with van der Waals surface area (Å²) in [6.07, 6.45) is 1.42. The highest BCUT2D eigenvalue weighted by atomic mass is 35.5. The fourth-order valence-electron chi connectivity index (χ4n) is 3.61. The van der Waals surface area contributed by atoms with Crippen molar-refractivity contribution in [1.29, 1.82) is 0 Å². The molecule has 1 atom stereocenters. The van der Waals surface area contributed by atoms with E-state index in [1.54, 1.807) is 21.7 Å². The Hall–Kier alpha value is -2.64. The van der Waals surface area contributed by atoms with E-state index >= 15 is 0 Å². The quantitative estimate of drug-likeness (QED) is 0.341. The zero-order valence-electron chi connectivity index (χ0n) is 16.7. The minimum absolute atomic E-state index is 0.156. The lowest BCUT2D eigenvalue weighted by atomic mass is 10.0. The van der Waals surface area contributed by atoms with E-state index in [-0.39, 0.29) is 11.8 Å². The molecular weight excluding hydrogens is 420 g/mol.